The van der Waals surface area contributed by atoms with Gasteiger partial charge in [-0.25, -0.2) is 19.1 Å². The minimum absolute atomic E-state index is 0.0331. The molecule has 0 fully saturated rings. The number of nitrogens with zero attached hydrogens (tertiary/aromatic N) is 4. The summed E-state index contributed by atoms with van der Waals surface area (Å²) in [6, 6.07) is 23.3. The normalized spacial score (nSPS) is 11.9. The summed E-state index contributed by atoms with van der Waals surface area (Å²) in [5.74, 6) is 0.0331. The Morgan fingerprint density at radius 1 is 0.919 bits per heavy atom. The number of para-hydroxylation sites is 1. The number of amides is 1. The van der Waals surface area contributed by atoms with E-state index in [0.29, 0.717) is 35.4 Å². The lowest BCUT2D eigenvalue weighted by Gasteiger charge is -2.21. The summed E-state index contributed by atoms with van der Waals surface area (Å²) in [6.45, 7) is 1.02. The van der Waals surface area contributed by atoms with Crippen LogP contribution in [0.4, 0.5) is 10.5 Å². The van der Waals surface area contributed by atoms with E-state index in [1.54, 1.807) is 47.4 Å². The molecule has 2 heterocycles. The van der Waals surface area contributed by atoms with Crippen LogP contribution in [0.1, 0.15) is 5.56 Å². The fourth-order valence-corrected chi connectivity index (χ4v) is 4.63. The highest BCUT2D eigenvalue weighted by atomic mass is 16.4. The van der Waals surface area contributed by atoms with E-state index in [9.17, 15) is 14.4 Å². The summed E-state index contributed by atoms with van der Waals surface area (Å²) in [5.41, 5.74) is 1.55. The Morgan fingerprint density at radius 2 is 1.65 bits per heavy atom. The van der Waals surface area contributed by atoms with Crippen LogP contribution in [0.25, 0.3) is 16.6 Å². The van der Waals surface area contributed by atoms with Gasteiger partial charge >= 0.3 is 11.8 Å². The summed E-state index contributed by atoms with van der Waals surface area (Å²) in [7, 11) is 0. The molecule has 2 aromatic heterocycles. The molecule has 0 spiro atoms. The Kier molecular flexibility index (Phi) is 6.67. The molecule has 0 aliphatic rings. The van der Waals surface area contributed by atoms with Gasteiger partial charge < -0.3 is 9.67 Å². The highest BCUT2D eigenvalue weighted by Crippen LogP contribution is 2.18. The molecule has 9 nitrogen and oxygen atoms in total. The highest BCUT2D eigenvalue weighted by Gasteiger charge is 2.19. The second-order valence-corrected chi connectivity index (χ2v) is 8.84. The van der Waals surface area contributed by atoms with Gasteiger partial charge in [-0.1, -0.05) is 42.5 Å². The first-order chi connectivity index (χ1) is 18.0. The van der Waals surface area contributed by atoms with E-state index in [4.69, 9.17) is 5.11 Å². The minimum atomic E-state index is -1.19. The second kappa shape index (κ2) is 10.4. The molecular formula is C28H25N5O4. The van der Waals surface area contributed by atoms with Gasteiger partial charge in [0.2, 0.25) is 0 Å². The third-order valence-electron chi connectivity index (χ3n) is 6.26. The lowest BCUT2D eigenvalue weighted by atomic mass is 9.98. The van der Waals surface area contributed by atoms with E-state index < -0.39 is 17.3 Å². The molecule has 0 radical (unpaired) electrons. The number of rotatable bonds is 8. The predicted octanol–water partition coefficient (Wildman–Crippen LogP) is 4.00. The molecule has 0 saturated carbocycles. The Morgan fingerprint density at radius 3 is 2.35 bits per heavy atom. The first kappa shape index (κ1) is 23.8. The van der Waals surface area contributed by atoms with Crippen LogP contribution >= 0.6 is 0 Å². The molecule has 186 valence electrons. The van der Waals surface area contributed by atoms with Crippen LogP contribution in [0, 0.1) is 5.92 Å². The van der Waals surface area contributed by atoms with E-state index in [1.165, 1.54) is 12.1 Å². The maximum Gasteiger partial charge on any atom is 0.409 e. The number of fused-ring (bicyclic) bond motifs is 1. The molecule has 9 heteroatoms. The molecule has 3 aromatic carbocycles. The van der Waals surface area contributed by atoms with Gasteiger partial charge in [0.1, 0.15) is 0 Å². The van der Waals surface area contributed by atoms with Crippen LogP contribution in [0.5, 0.6) is 0 Å². The fourth-order valence-electron chi connectivity index (χ4n) is 4.63. The van der Waals surface area contributed by atoms with Crippen LogP contribution in [-0.4, -0.2) is 29.9 Å². The van der Waals surface area contributed by atoms with Crippen LogP contribution in [-0.2, 0) is 19.5 Å². The van der Waals surface area contributed by atoms with Gasteiger partial charge in [0, 0.05) is 31.2 Å². The van der Waals surface area contributed by atoms with Gasteiger partial charge in [-0.2, -0.15) is 0 Å². The molecule has 5 rings (SSSR count). The van der Waals surface area contributed by atoms with Crippen molar-refractivity contribution in [1.29, 1.82) is 0 Å². The standard InChI is InChI=1S/C28H25N5O4/c34-26-24-8-4-5-9-25(24)32(28(37)33(26)23-12-10-22(11-13-23)30-27(35)36)18-21(17-31-15-14-29-19-31)16-20-6-2-1-3-7-20/h1-15,19,21,30H,16-18H2,(H,35,36). The van der Waals surface area contributed by atoms with Gasteiger partial charge in [-0.05, 0) is 54.3 Å². The predicted molar refractivity (Wildman–Crippen MR) is 141 cm³/mol. The van der Waals surface area contributed by atoms with Gasteiger partial charge in [-0.15, -0.1) is 0 Å². The zero-order valence-electron chi connectivity index (χ0n) is 19.9. The van der Waals surface area contributed by atoms with Crippen LogP contribution in [0.3, 0.4) is 0 Å². The molecule has 1 atom stereocenters. The fraction of sp³-hybridized carbons (Fsp3) is 0.143. The quantitative estimate of drug-likeness (QED) is 0.338. The first-order valence-corrected chi connectivity index (χ1v) is 11.8. The lowest BCUT2D eigenvalue weighted by Crippen LogP contribution is -2.40. The maximum atomic E-state index is 13.9. The van der Waals surface area contributed by atoms with Gasteiger partial charge in [0.15, 0.2) is 0 Å². The second-order valence-electron chi connectivity index (χ2n) is 8.84. The summed E-state index contributed by atoms with van der Waals surface area (Å²) in [6.07, 6.45) is 4.91. The van der Waals surface area contributed by atoms with E-state index >= 15 is 0 Å². The van der Waals surface area contributed by atoms with E-state index in [2.05, 4.69) is 22.4 Å². The number of nitrogens with one attached hydrogen (secondary N) is 1. The smallest absolute Gasteiger partial charge is 0.409 e. The summed E-state index contributed by atoms with van der Waals surface area (Å²) < 4.78 is 4.79. The van der Waals surface area contributed by atoms with Crippen molar-refractivity contribution in [3.63, 3.8) is 0 Å². The SMILES string of the molecule is O=C(O)Nc1ccc(-n2c(=O)c3ccccc3n(CC(Cc3ccccc3)Cn3ccnc3)c2=O)cc1. The number of benzene rings is 3. The summed E-state index contributed by atoms with van der Waals surface area (Å²) >= 11 is 0. The Bertz CT molecular complexity index is 1640. The molecular weight excluding hydrogens is 470 g/mol. The van der Waals surface area contributed by atoms with Gasteiger partial charge in [0.05, 0.1) is 22.9 Å². The Balaban J connectivity index is 1.60. The van der Waals surface area contributed by atoms with Gasteiger partial charge in [-0.3, -0.25) is 14.7 Å². The summed E-state index contributed by atoms with van der Waals surface area (Å²) in [4.78, 5) is 42.4. The van der Waals surface area contributed by atoms with E-state index in [-0.39, 0.29) is 5.92 Å². The third-order valence-corrected chi connectivity index (χ3v) is 6.26. The average molecular weight is 496 g/mol. The number of hydrogen-bond acceptors (Lipinski definition) is 4. The average Bonchev–Trinajstić information content (AvgIpc) is 3.41. The lowest BCUT2D eigenvalue weighted by molar-refractivity contribution is 0.209. The minimum Gasteiger partial charge on any atom is -0.465 e. The Hall–Kier alpha value is -4.92. The zero-order chi connectivity index (χ0) is 25.8. The van der Waals surface area contributed by atoms with Crippen molar-refractivity contribution >= 4 is 22.7 Å². The number of carboxylic acid groups (broad SMARTS) is 1. The topological polar surface area (TPSA) is 111 Å². The van der Waals surface area contributed by atoms with Crippen molar-refractivity contribution < 1.29 is 9.90 Å². The zero-order valence-corrected chi connectivity index (χ0v) is 19.9. The number of aromatic nitrogens is 4. The van der Waals surface area contributed by atoms with Crippen LogP contribution in [0.2, 0.25) is 0 Å². The van der Waals surface area contributed by atoms with E-state index in [0.717, 1.165) is 16.6 Å². The van der Waals surface area contributed by atoms with Crippen LogP contribution in [0.15, 0.2) is 107 Å². The van der Waals surface area contributed by atoms with Crippen molar-refractivity contribution in [2.24, 2.45) is 5.92 Å². The monoisotopic (exact) mass is 495 g/mol. The molecule has 2 N–H and O–H groups in total. The molecule has 5 aromatic rings. The Labute approximate surface area is 211 Å². The van der Waals surface area contributed by atoms with Crippen molar-refractivity contribution in [3.05, 3.63) is 124 Å². The van der Waals surface area contributed by atoms with Crippen molar-refractivity contribution in [3.8, 4) is 5.69 Å². The van der Waals surface area contributed by atoms with Gasteiger partial charge in [0.25, 0.3) is 5.56 Å². The molecule has 37 heavy (non-hydrogen) atoms. The van der Waals surface area contributed by atoms with Crippen molar-refractivity contribution in [1.82, 2.24) is 18.7 Å². The number of anilines is 1. The van der Waals surface area contributed by atoms with Crippen molar-refractivity contribution in [2.75, 3.05) is 5.32 Å². The molecule has 0 aliphatic heterocycles. The van der Waals surface area contributed by atoms with Crippen LogP contribution < -0.4 is 16.6 Å². The largest absolute Gasteiger partial charge is 0.465 e. The third kappa shape index (κ3) is 5.20. The molecule has 1 unspecified atom stereocenters. The summed E-state index contributed by atoms with van der Waals surface area (Å²) in [5, 5.41) is 11.6. The number of imidazole rings is 1. The maximum absolute atomic E-state index is 13.9. The molecule has 0 aliphatic carbocycles. The number of carbonyl (C=O) groups is 1. The molecule has 0 bridgehead atoms. The van der Waals surface area contributed by atoms with Crippen molar-refractivity contribution in [2.45, 2.75) is 19.5 Å². The number of hydrogen-bond donors (Lipinski definition) is 2. The molecule has 1 amide bonds. The first-order valence-electron chi connectivity index (χ1n) is 11.8. The highest BCUT2D eigenvalue weighted by molar-refractivity contribution is 5.83. The van der Waals surface area contributed by atoms with E-state index in [1.807, 2.05) is 35.0 Å². The molecule has 0 saturated heterocycles.